The van der Waals surface area contributed by atoms with Crippen molar-refractivity contribution >= 4 is 11.9 Å². The predicted molar refractivity (Wildman–Crippen MR) is 150 cm³/mol. The Morgan fingerprint density at radius 3 is 2.73 bits per heavy atom. The van der Waals surface area contributed by atoms with E-state index >= 15 is 0 Å². The van der Waals surface area contributed by atoms with Crippen LogP contribution in [0.3, 0.4) is 0 Å². The molecular formula is C31H38FN5O4. The summed E-state index contributed by atoms with van der Waals surface area (Å²) in [6.45, 7) is 5.84. The van der Waals surface area contributed by atoms with Crippen LogP contribution in [-0.2, 0) is 35.5 Å². The van der Waals surface area contributed by atoms with Gasteiger partial charge >= 0.3 is 0 Å². The van der Waals surface area contributed by atoms with Crippen molar-refractivity contribution in [3.05, 3.63) is 64.9 Å². The number of benzene rings is 1. The molecule has 0 radical (unpaired) electrons. The smallest absolute Gasteiger partial charge is 0.227 e. The lowest BCUT2D eigenvalue weighted by Gasteiger charge is -2.32. The Bertz CT molecular complexity index is 1360. The van der Waals surface area contributed by atoms with Crippen molar-refractivity contribution in [2.45, 2.75) is 58.6 Å². The van der Waals surface area contributed by atoms with E-state index in [1.807, 2.05) is 12.4 Å². The van der Waals surface area contributed by atoms with Gasteiger partial charge in [0.15, 0.2) is 5.89 Å². The van der Waals surface area contributed by atoms with Crippen LogP contribution in [-0.4, -0.2) is 59.1 Å². The fraction of sp³-hybridized carbons (Fsp3) is 0.548. The van der Waals surface area contributed by atoms with Crippen LogP contribution >= 0.6 is 0 Å². The summed E-state index contributed by atoms with van der Waals surface area (Å²) in [7, 11) is 1.67. The number of carbonyl (C=O) groups is 1. The van der Waals surface area contributed by atoms with E-state index in [9.17, 15) is 9.18 Å². The third-order valence-electron chi connectivity index (χ3n) is 8.72. The molecule has 218 valence electrons. The lowest BCUT2D eigenvalue weighted by atomic mass is 9.90. The SMILES string of the molecule is COCc1cnc(N2CCC(C3CC3CCOc3ccc(CC(=O)N4CCc5nc(C)oc5C4)c(F)c3)CC2)nc1. The molecule has 4 heterocycles. The summed E-state index contributed by atoms with van der Waals surface area (Å²) >= 11 is 0. The zero-order valence-corrected chi connectivity index (χ0v) is 23.9. The van der Waals surface area contributed by atoms with Crippen LogP contribution in [0.15, 0.2) is 35.0 Å². The molecule has 0 bridgehead atoms. The second-order valence-electron chi connectivity index (χ2n) is 11.5. The number of aromatic nitrogens is 3. The number of rotatable bonds is 10. The van der Waals surface area contributed by atoms with E-state index in [1.165, 1.54) is 12.5 Å². The van der Waals surface area contributed by atoms with Gasteiger partial charge in [0.05, 0.1) is 31.9 Å². The number of anilines is 1. The molecule has 2 unspecified atom stereocenters. The fourth-order valence-corrected chi connectivity index (χ4v) is 6.36. The number of methoxy groups -OCH3 is 1. The number of hydrogen-bond acceptors (Lipinski definition) is 8. The number of halogens is 1. The predicted octanol–water partition coefficient (Wildman–Crippen LogP) is 4.51. The summed E-state index contributed by atoms with van der Waals surface area (Å²) < 4.78 is 31.5. The molecule has 1 saturated heterocycles. The Balaban J connectivity index is 0.911. The first kappa shape index (κ1) is 27.6. The minimum atomic E-state index is -0.405. The van der Waals surface area contributed by atoms with Gasteiger partial charge in [0.2, 0.25) is 11.9 Å². The molecule has 0 spiro atoms. The van der Waals surface area contributed by atoms with Crippen molar-refractivity contribution in [2.24, 2.45) is 17.8 Å². The van der Waals surface area contributed by atoms with Gasteiger partial charge in [-0.25, -0.2) is 19.3 Å². The molecule has 3 aliphatic rings. The number of ether oxygens (including phenoxy) is 2. The van der Waals surface area contributed by atoms with Gasteiger partial charge < -0.3 is 23.7 Å². The highest BCUT2D eigenvalue weighted by molar-refractivity contribution is 5.79. The number of amides is 1. The summed E-state index contributed by atoms with van der Waals surface area (Å²) in [6.07, 6.45) is 8.92. The van der Waals surface area contributed by atoms with Gasteiger partial charge in [0.1, 0.15) is 17.3 Å². The monoisotopic (exact) mass is 563 g/mol. The molecule has 1 aliphatic carbocycles. The highest BCUT2D eigenvalue weighted by Gasteiger charge is 2.43. The number of nitrogens with zero attached hydrogens (tertiary/aromatic N) is 5. The molecular weight excluding hydrogens is 525 g/mol. The molecule has 2 aliphatic heterocycles. The van der Waals surface area contributed by atoms with E-state index in [0.29, 0.717) is 55.8 Å². The van der Waals surface area contributed by atoms with Crippen LogP contribution in [0.25, 0.3) is 0 Å². The number of carbonyl (C=O) groups excluding carboxylic acids is 1. The maximum atomic E-state index is 14.8. The number of hydrogen-bond donors (Lipinski definition) is 0. The highest BCUT2D eigenvalue weighted by atomic mass is 19.1. The molecule has 3 aromatic rings. The summed E-state index contributed by atoms with van der Waals surface area (Å²) in [5, 5.41) is 0. The highest BCUT2D eigenvalue weighted by Crippen LogP contribution is 2.49. The van der Waals surface area contributed by atoms with Crippen LogP contribution in [0.4, 0.5) is 10.3 Å². The average molecular weight is 564 g/mol. The zero-order valence-electron chi connectivity index (χ0n) is 23.9. The molecule has 1 aromatic carbocycles. The van der Waals surface area contributed by atoms with Crippen molar-refractivity contribution in [1.29, 1.82) is 0 Å². The van der Waals surface area contributed by atoms with E-state index in [4.69, 9.17) is 13.9 Å². The Hall–Kier alpha value is -3.53. The molecule has 2 aromatic heterocycles. The number of fused-ring (bicyclic) bond motifs is 1. The van der Waals surface area contributed by atoms with Gasteiger partial charge in [0.25, 0.3) is 0 Å². The first-order chi connectivity index (χ1) is 20.0. The Morgan fingerprint density at radius 2 is 1.98 bits per heavy atom. The lowest BCUT2D eigenvalue weighted by molar-refractivity contribution is -0.131. The average Bonchev–Trinajstić information content (AvgIpc) is 3.65. The Kier molecular flexibility index (Phi) is 8.18. The third-order valence-corrected chi connectivity index (χ3v) is 8.72. The van der Waals surface area contributed by atoms with Gasteiger partial charge in [0, 0.05) is 64.1 Å². The third kappa shape index (κ3) is 6.53. The van der Waals surface area contributed by atoms with E-state index in [2.05, 4.69) is 19.9 Å². The number of oxazole rings is 1. The summed E-state index contributed by atoms with van der Waals surface area (Å²) in [4.78, 5) is 30.2. The minimum absolute atomic E-state index is 0.0163. The summed E-state index contributed by atoms with van der Waals surface area (Å²) in [5.74, 6) is 4.30. The van der Waals surface area contributed by atoms with Crippen LogP contribution in [0.2, 0.25) is 0 Å². The topological polar surface area (TPSA) is 93.8 Å². The van der Waals surface area contributed by atoms with Gasteiger partial charge in [-0.1, -0.05) is 6.07 Å². The maximum absolute atomic E-state index is 14.8. The fourth-order valence-electron chi connectivity index (χ4n) is 6.36. The van der Waals surface area contributed by atoms with Crippen molar-refractivity contribution in [3.8, 4) is 5.75 Å². The van der Waals surface area contributed by atoms with Crippen LogP contribution in [0, 0.1) is 30.5 Å². The molecule has 0 N–H and O–H groups in total. The van der Waals surface area contributed by atoms with Crippen molar-refractivity contribution in [2.75, 3.05) is 38.3 Å². The van der Waals surface area contributed by atoms with E-state index in [1.54, 1.807) is 31.1 Å². The summed E-state index contributed by atoms with van der Waals surface area (Å²) in [6, 6.07) is 4.84. The van der Waals surface area contributed by atoms with E-state index in [-0.39, 0.29) is 12.3 Å². The molecule has 2 fully saturated rings. The molecule has 10 heteroatoms. The van der Waals surface area contributed by atoms with E-state index in [0.717, 1.165) is 67.2 Å². The molecule has 9 nitrogen and oxygen atoms in total. The second-order valence-corrected chi connectivity index (χ2v) is 11.5. The second kappa shape index (κ2) is 12.1. The van der Waals surface area contributed by atoms with E-state index < -0.39 is 5.82 Å². The Morgan fingerprint density at radius 1 is 1.17 bits per heavy atom. The molecule has 6 rings (SSSR count). The maximum Gasteiger partial charge on any atom is 0.227 e. The number of piperidine rings is 1. The van der Waals surface area contributed by atoms with Crippen LogP contribution in [0.5, 0.6) is 5.75 Å². The molecule has 1 saturated carbocycles. The first-order valence-corrected chi connectivity index (χ1v) is 14.7. The Labute approximate surface area is 240 Å². The number of aryl methyl sites for hydroxylation is 1. The van der Waals surface area contributed by atoms with Crippen LogP contribution < -0.4 is 9.64 Å². The standard InChI is InChI=1S/C31H38FN5O4/c1-20-35-28-7-11-37(18-29(28)41-20)30(38)14-24-3-4-25(15-27(24)32)40-12-8-23-13-26(23)22-5-9-36(10-6-22)31-33-16-21(17-34-31)19-39-2/h3-4,15-17,22-23,26H,5-14,18-19H2,1-2H3. The van der Waals surface area contributed by atoms with Gasteiger partial charge in [-0.15, -0.1) is 0 Å². The normalized spacial score (nSPS) is 20.7. The lowest BCUT2D eigenvalue weighted by Crippen LogP contribution is -2.36. The molecule has 41 heavy (non-hydrogen) atoms. The minimum Gasteiger partial charge on any atom is -0.493 e. The van der Waals surface area contributed by atoms with Gasteiger partial charge in [-0.05, 0) is 55.1 Å². The first-order valence-electron chi connectivity index (χ1n) is 14.7. The largest absolute Gasteiger partial charge is 0.493 e. The van der Waals surface area contributed by atoms with Crippen molar-refractivity contribution in [1.82, 2.24) is 19.9 Å². The van der Waals surface area contributed by atoms with Gasteiger partial charge in [-0.2, -0.15) is 0 Å². The van der Waals surface area contributed by atoms with Crippen molar-refractivity contribution in [3.63, 3.8) is 0 Å². The molecule has 1 amide bonds. The quantitative estimate of drug-likeness (QED) is 0.356. The van der Waals surface area contributed by atoms with Crippen molar-refractivity contribution < 1.29 is 23.1 Å². The van der Waals surface area contributed by atoms with Crippen LogP contribution in [0.1, 0.15) is 54.2 Å². The van der Waals surface area contributed by atoms with Gasteiger partial charge in [-0.3, -0.25) is 4.79 Å². The molecule has 2 atom stereocenters. The zero-order chi connectivity index (χ0) is 28.3. The summed E-state index contributed by atoms with van der Waals surface area (Å²) in [5.41, 5.74) is 2.28.